The molecule has 36 heavy (non-hydrogen) atoms. The molecule has 0 spiro atoms. The highest BCUT2D eigenvalue weighted by Gasteiger charge is 2.34. The zero-order chi connectivity index (χ0) is 25.4. The number of nitrogens with zero attached hydrogens (tertiary/aromatic N) is 4. The van der Waals surface area contributed by atoms with Crippen LogP contribution in [0.2, 0.25) is 0 Å². The summed E-state index contributed by atoms with van der Waals surface area (Å²) in [6, 6.07) is 14.4. The van der Waals surface area contributed by atoms with E-state index in [2.05, 4.69) is 35.2 Å². The van der Waals surface area contributed by atoms with Gasteiger partial charge in [0.2, 0.25) is 0 Å². The minimum absolute atomic E-state index is 0.0370. The number of rotatable bonds is 5. The van der Waals surface area contributed by atoms with Crippen LogP contribution in [0.25, 0.3) is 11.7 Å². The van der Waals surface area contributed by atoms with Crippen molar-refractivity contribution in [2.24, 2.45) is 5.92 Å². The molecule has 0 bridgehead atoms. The maximum atomic E-state index is 13.7. The van der Waals surface area contributed by atoms with Gasteiger partial charge >= 0.3 is 0 Å². The average molecular weight is 519 g/mol. The Hall–Kier alpha value is -2.97. The first kappa shape index (κ1) is 24.7. The smallest absolute Gasteiger partial charge is 0.267 e. The lowest BCUT2D eigenvalue weighted by atomic mass is 9.90. The number of anilines is 1. The van der Waals surface area contributed by atoms with Gasteiger partial charge in [-0.1, -0.05) is 60.4 Å². The zero-order valence-corrected chi connectivity index (χ0v) is 22.4. The first-order chi connectivity index (χ1) is 17.3. The van der Waals surface area contributed by atoms with Crippen LogP contribution < -0.4 is 10.5 Å². The summed E-state index contributed by atoms with van der Waals surface area (Å²) in [5.41, 5.74) is 3.23. The van der Waals surface area contributed by atoms with E-state index >= 15 is 0 Å². The van der Waals surface area contributed by atoms with Crippen molar-refractivity contribution in [3.63, 3.8) is 0 Å². The largest absolute Gasteiger partial charge is 0.356 e. The van der Waals surface area contributed by atoms with Gasteiger partial charge in [-0.2, -0.15) is 0 Å². The number of amides is 1. The second-order valence-corrected chi connectivity index (χ2v) is 11.5. The van der Waals surface area contributed by atoms with Crippen LogP contribution in [0, 0.1) is 12.8 Å². The van der Waals surface area contributed by atoms with Crippen molar-refractivity contribution < 1.29 is 4.79 Å². The van der Waals surface area contributed by atoms with E-state index in [9.17, 15) is 9.59 Å². The van der Waals surface area contributed by atoms with E-state index in [-0.39, 0.29) is 17.5 Å². The Kier molecular flexibility index (Phi) is 6.99. The molecule has 1 amide bonds. The third-order valence-corrected chi connectivity index (χ3v) is 8.29. The number of pyridine rings is 1. The number of carbonyl (C=O) groups excluding carboxylic acids is 1. The molecule has 2 fully saturated rings. The fourth-order valence-electron chi connectivity index (χ4n) is 5.02. The molecule has 186 valence electrons. The quantitative estimate of drug-likeness (QED) is 0.347. The van der Waals surface area contributed by atoms with E-state index in [0.29, 0.717) is 32.2 Å². The van der Waals surface area contributed by atoms with Crippen molar-refractivity contribution in [1.29, 1.82) is 0 Å². The number of hydrogen-bond acceptors (Lipinski definition) is 6. The van der Waals surface area contributed by atoms with Crippen molar-refractivity contribution in [2.75, 3.05) is 18.0 Å². The number of benzene rings is 1. The molecule has 3 aromatic rings. The maximum Gasteiger partial charge on any atom is 0.267 e. The van der Waals surface area contributed by atoms with Crippen molar-refractivity contribution in [1.82, 2.24) is 14.3 Å². The van der Waals surface area contributed by atoms with E-state index in [4.69, 9.17) is 17.2 Å². The van der Waals surface area contributed by atoms with Crippen LogP contribution in [0.5, 0.6) is 0 Å². The van der Waals surface area contributed by atoms with Gasteiger partial charge in [0.1, 0.15) is 15.8 Å². The van der Waals surface area contributed by atoms with Crippen LogP contribution in [-0.4, -0.2) is 43.6 Å². The first-order valence-corrected chi connectivity index (χ1v) is 13.6. The van der Waals surface area contributed by atoms with Crippen LogP contribution in [0.15, 0.2) is 58.4 Å². The lowest BCUT2D eigenvalue weighted by molar-refractivity contribution is -0.123. The number of aryl methyl sites for hydroxylation is 1. The molecule has 8 heteroatoms. The summed E-state index contributed by atoms with van der Waals surface area (Å²) in [5.74, 6) is 1.10. The molecule has 5 rings (SSSR count). The predicted molar refractivity (Wildman–Crippen MR) is 151 cm³/mol. The Balaban J connectivity index is 1.51. The monoisotopic (exact) mass is 518 g/mol. The fourth-order valence-corrected chi connectivity index (χ4v) is 6.53. The topological polar surface area (TPSA) is 57.9 Å². The van der Waals surface area contributed by atoms with Gasteiger partial charge in [-0.25, -0.2) is 4.98 Å². The molecule has 0 unspecified atom stereocenters. The molecule has 0 atom stereocenters. The second-order valence-electron chi connectivity index (χ2n) is 9.80. The summed E-state index contributed by atoms with van der Waals surface area (Å²) >= 11 is 6.71. The molecule has 6 nitrogen and oxygen atoms in total. The Morgan fingerprint density at radius 1 is 1.11 bits per heavy atom. The molecule has 2 aromatic heterocycles. The summed E-state index contributed by atoms with van der Waals surface area (Å²) in [7, 11) is 0. The number of aromatic nitrogens is 2. The van der Waals surface area contributed by atoms with Gasteiger partial charge in [-0.05, 0) is 69.2 Å². The van der Waals surface area contributed by atoms with Gasteiger partial charge in [-0.15, -0.1) is 0 Å². The molecule has 0 radical (unpaired) electrons. The fraction of sp³-hybridized carbons (Fsp3) is 0.357. The van der Waals surface area contributed by atoms with Crippen molar-refractivity contribution in [2.45, 2.75) is 46.1 Å². The number of thiocarbonyl (C=S) groups is 1. The standard InChI is InChI=1S/C28H30N4O2S2/c1-18(2)32-27(34)23(36-28(32)35)17-22-25(29-24-19(3)8-7-13-31(24)26(22)33)30-14-11-21(12-15-30)16-20-9-5-4-6-10-20/h4-10,13,17-18,21H,11-12,14-16H2,1-3H3. The minimum atomic E-state index is -0.167. The summed E-state index contributed by atoms with van der Waals surface area (Å²) in [5, 5.41) is 0. The van der Waals surface area contributed by atoms with E-state index in [0.717, 1.165) is 37.9 Å². The predicted octanol–water partition coefficient (Wildman–Crippen LogP) is 5.07. The normalized spacial score (nSPS) is 18.3. The Labute approximate surface area is 221 Å². The van der Waals surface area contributed by atoms with Crippen molar-refractivity contribution in [3.8, 4) is 0 Å². The molecular formula is C28H30N4O2S2. The molecule has 4 heterocycles. The van der Waals surface area contributed by atoms with Crippen molar-refractivity contribution in [3.05, 3.63) is 80.6 Å². The second kappa shape index (κ2) is 10.2. The molecule has 0 saturated carbocycles. The third-order valence-electron chi connectivity index (χ3n) is 6.96. The van der Waals surface area contributed by atoms with Crippen LogP contribution >= 0.6 is 24.0 Å². The molecule has 2 aliphatic rings. The van der Waals surface area contributed by atoms with Crippen LogP contribution in [0.1, 0.15) is 43.4 Å². The summed E-state index contributed by atoms with van der Waals surface area (Å²) < 4.78 is 2.10. The summed E-state index contributed by atoms with van der Waals surface area (Å²) in [6.07, 6.45) is 6.56. The molecule has 0 N–H and O–H groups in total. The molecular weight excluding hydrogens is 488 g/mol. The van der Waals surface area contributed by atoms with Gasteiger partial charge in [0.15, 0.2) is 0 Å². The van der Waals surface area contributed by atoms with Gasteiger partial charge in [0.25, 0.3) is 11.5 Å². The Morgan fingerprint density at radius 2 is 1.83 bits per heavy atom. The molecule has 2 saturated heterocycles. The number of fused-ring (bicyclic) bond motifs is 1. The van der Waals surface area contributed by atoms with Crippen LogP contribution in [0.3, 0.4) is 0 Å². The first-order valence-electron chi connectivity index (χ1n) is 12.4. The van der Waals surface area contributed by atoms with Gasteiger partial charge in [0.05, 0.1) is 10.5 Å². The lowest BCUT2D eigenvalue weighted by Gasteiger charge is -2.33. The summed E-state index contributed by atoms with van der Waals surface area (Å²) in [4.78, 5) is 36.1. The number of thioether (sulfide) groups is 1. The Bertz CT molecular complexity index is 1410. The van der Waals surface area contributed by atoms with E-state index in [1.807, 2.05) is 32.9 Å². The van der Waals surface area contributed by atoms with E-state index in [1.165, 1.54) is 17.3 Å². The van der Waals surface area contributed by atoms with Crippen molar-refractivity contribution >= 4 is 51.7 Å². The highest BCUT2D eigenvalue weighted by Crippen LogP contribution is 2.35. The van der Waals surface area contributed by atoms with Crippen LogP contribution in [0.4, 0.5) is 5.82 Å². The minimum Gasteiger partial charge on any atom is -0.356 e. The molecule has 0 aliphatic carbocycles. The molecule has 1 aromatic carbocycles. The lowest BCUT2D eigenvalue weighted by Crippen LogP contribution is -2.37. The van der Waals surface area contributed by atoms with Crippen LogP contribution in [-0.2, 0) is 11.2 Å². The Morgan fingerprint density at radius 3 is 2.50 bits per heavy atom. The van der Waals surface area contributed by atoms with Gasteiger partial charge < -0.3 is 4.90 Å². The van der Waals surface area contributed by atoms with E-state index < -0.39 is 0 Å². The highest BCUT2D eigenvalue weighted by atomic mass is 32.2. The SMILES string of the molecule is Cc1cccn2c(=O)c(C=C3SC(=S)N(C(C)C)C3=O)c(N3CCC(Cc4ccccc4)CC3)nc12. The number of piperidine rings is 1. The third kappa shape index (κ3) is 4.72. The van der Waals surface area contributed by atoms with E-state index in [1.54, 1.807) is 21.6 Å². The summed E-state index contributed by atoms with van der Waals surface area (Å²) in [6.45, 7) is 7.48. The number of hydrogen-bond donors (Lipinski definition) is 0. The van der Waals surface area contributed by atoms with Gasteiger partial charge in [0, 0.05) is 25.3 Å². The zero-order valence-electron chi connectivity index (χ0n) is 20.8. The highest BCUT2D eigenvalue weighted by molar-refractivity contribution is 8.26. The average Bonchev–Trinajstić information content (AvgIpc) is 3.15. The van der Waals surface area contributed by atoms with Gasteiger partial charge in [-0.3, -0.25) is 18.9 Å². The number of carbonyl (C=O) groups is 1. The molecule has 2 aliphatic heterocycles. The maximum absolute atomic E-state index is 13.7.